The van der Waals surface area contributed by atoms with Crippen molar-refractivity contribution >= 4 is 5.91 Å². The fourth-order valence-electron chi connectivity index (χ4n) is 1.44. The van der Waals surface area contributed by atoms with Gasteiger partial charge in [-0.25, -0.2) is 0 Å². The van der Waals surface area contributed by atoms with E-state index in [0.29, 0.717) is 13.1 Å². The molecule has 16 heavy (non-hydrogen) atoms. The van der Waals surface area contributed by atoms with E-state index in [1.807, 2.05) is 19.1 Å². The predicted octanol–water partition coefficient (Wildman–Crippen LogP) is 1.18. The average molecular weight is 222 g/mol. The Bertz CT molecular complexity index is 353. The summed E-state index contributed by atoms with van der Waals surface area (Å²) in [5, 5.41) is 15.3. The van der Waals surface area contributed by atoms with Gasteiger partial charge in [-0.1, -0.05) is 12.1 Å². The summed E-state index contributed by atoms with van der Waals surface area (Å²) in [4.78, 5) is 10.6. The van der Waals surface area contributed by atoms with Crippen LogP contribution in [0.2, 0.25) is 0 Å². The molecule has 0 heterocycles. The highest BCUT2D eigenvalue weighted by molar-refractivity contribution is 5.72. The van der Waals surface area contributed by atoms with Gasteiger partial charge in [0.2, 0.25) is 5.91 Å². The normalized spacial score (nSPS) is 12.1. The first-order valence-corrected chi connectivity index (χ1v) is 5.36. The number of rotatable bonds is 5. The Balaban J connectivity index is 2.35. The summed E-state index contributed by atoms with van der Waals surface area (Å²) < 4.78 is 0. The van der Waals surface area contributed by atoms with Crippen molar-refractivity contribution in [3.63, 3.8) is 0 Å². The third kappa shape index (κ3) is 4.31. The van der Waals surface area contributed by atoms with Crippen LogP contribution in [0.1, 0.15) is 25.5 Å². The molecule has 0 bridgehead atoms. The van der Waals surface area contributed by atoms with Crippen molar-refractivity contribution in [2.75, 3.05) is 13.1 Å². The second-order valence-electron chi connectivity index (χ2n) is 3.75. The molecule has 0 saturated carbocycles. The molecule has 1 atom stereocenters. The summed E-state index contributed by atoms with van der Waals surface area (Å²) in [7, 11) is 0. The lowest BCUT2D eigenvalue weighted by Crippen LogP contribution is -2.31. The van der Waals surface area contributed by atoms with Crippen LogP contribution in [0.15, 0.2) is 24.3 Å². The van der Waals surface area contributed by atoms with Gasteiger partial charge in [0.05, 0.1) is 0 Å². The van der Waals surface area contributed by atoms with Crippen molar-refractivity contribution < 1.29 is 9.90 Å². The Hall–Kier alpha value is -1.55. The molecule has 0 aliphatic carbocycles. The molecule has 0 aliphatic rings. The summed E-state index contributed by atoms with van der Waals surface area (Å²) in [5.74, 6) is 0.250. The zero-order chi connectivity index (χ0) is 12.0. The maximum Gasteiger partial charge on any atom is 0.216 e. The van der Waals surface area contributed by atoms with Crippen LogP contribution in [0.3, 0.4) is 0 Å². The number of phenolic OH excluding ortho intramolecular Hbond substituents is 1. The summed E-state index contributed by atoms with van der Waals surface area (Å²) in [6.07, 6.45) is 0. The summed E-state index contributed by atoms with van der Waals surface area (Å²) in [6.45, 7) is 4.83. The van der Waals surface area contributed by atoms with Crippen molar-refractivity contribution in [1.82, 2.24) is 10.6 Å². The van der Waals surface area contributed by atoms with E-state index in [2.05, 4.69) is 10.6 Å². The van der Waals surface area contributed by atoms with Crippen molar-refractivity contribution in [3.8, 4) is 5.75 Å². The van der Waals surface area contributed by atoms with Crippen LogP contribution >= 0.6 is 0 Å². The Morgan fingerprint density at radius 3 is 2.81 bits per heavy atom. The van der Waals surface area contributed by atoms with Gasteiger partial charge >= 0.3 is 0 Å². The van der Waals surface area contributed by atoms with Crippen molar-refractivity contribution in [3.05, 3.63) is 29.8 Å². The monoisotopic (exact) mass is 222 g/mol. The lowest BCUT2D eigenvalue weighted by molar-refractivity contribution is -0.118. The van der Waals surface area contributed by atoms with Crippen LogP contribution in [-0.4, -0.2) is 24.1 Å². The highest BCUT2D eigenvalue weighted by Gasteiger charge is 2.04. The molecule has 88 valence electrons. The van der Waals surface area contributed by atoms with Gasteiger partial charge in [0.25, 0.3) is 0 Å². The molecule has 0 aliphatic heterocycles. The SMILES string of the molecule is CC(=O)NCCNC(C)c1cccc(O)c1. The van der Waals surface area contributed by atoms with Gasteiger partial charge in [0.1, 0.15) is 5.75 Å². The highest BCUT2D eigenvalue weighted by Crippen LogP contribution is 2.17. The second kappa shape index (κ2) is 6.12. The Morgan fingerprint density at radius 2 is 2.19 bits per heavy atom. The molecule has 0 aromatic heterocycles. The molecule has 4 nitrogen and oxygen atoms in total. The first kappa shape index (κ1) is 12.5. The average Bonchev–Trinajstić information content (AvgIpc) is 2.24. The molecule has 1 unspecified atom stereocenters. The molecule has 3 N–H and O–H groups in total. The van der Waals surface area contributed by atoms with Gasteiger partial charge in [0, 0.05) is 26.1 Å². The number of benzene rings is 1. The van der Waals surface area contributed by atoms with E-state index in [1.165, 1.54) is 6.92 Å². The van der Waals surface area contributed by atoms with Crippen LogP contribution in [0.5, 0.6) is 5.75 Å². The first-order valence-electron chi connectivity index (χ1n) is 5.36. The second-order valence-corrected chi connectivity index (χ2v) is 3.75. The minimum Gasteiger partial charge on any atom is -0.508 e. The van der Waals surface area contributed by atoms with Crippen LogP contribution in [0.4, 0.5) is 0 Å². The largest absolute Gasteiger partial charge is 0.508 e. The van der Waals surface area contributed by atoms with Crippen LogP contribution < -0.4 is 10.6 Å². The molecular weight excluding hydrogens is 204 g/mol. The predicted molar refractivity (Wildman–Crippen MR) is 63.2 cm³/mol. The van der Waals surface area contributed by atoms with Crippen LogP contribution in [-0.2, 0) is 4.79 Å². The molecule has 1 amide bonds. The van der Waals surface area contributed by atoms with E-state index >= 15 is 0 Å². The number of carbonyl (C=O) groups is 1. The number of hydrogen-bond acceptors (Lipinski definition) is 3. The van der Waals surface area contributed by atoms with Gasteiger partial charge in [0.15, 0.2) is 0 Å². The Morgan fingerprint density at radius 1 is 1.44 bits per heavy atom. The zero-order valence-electron chi connectivity index (χ0n) is 9.66. The Labute approximate surface area is 95.7 Å². The van der Waals surface area contributed by atoms with E-state index in [-0.39, 0.29) is 17.7 Å². The number of carbonyl (C=O) groups excluding carboxylic acids is 1. The lowest BCUT2D eigenvalue weighted by atomic mass is 10.1. The minimum absolute atomic E-state index is 0.0215. The van der Waals surface area contributed by atoms with E-state index in [9.17, 15) is 9.90 Å². The van der Waals surface area contributed by atoms with E-state index < -0.39 is 0 Å². The van der Waals surface area contributed by atoms with Gasteiger partial charge < -0.3 is 15.7 Å². The van der Waals surface area contributed by atoms with E-state index in [4.69, 9.17) is 0 Å². The molecule has 0 spiro atoms. The van der Waals surface area contributed by atoms with Gasteiger partial charge in [-0.2, -0.15) is 0 Å². The number of nitrogens with one attached hydrogen (secondary N) is 2. The van der Waals surface area contributed by atoms with Crippen LogP contribution in [0.25, 0.3) is 0 Å². The highest BCUT2D eigenvalue weighted by atomic mass is 16.3. The third-order valence-corrected chi connectivity index (χ3v) is 2.32. The molecule has 1 aromatic carbocycles. The summed E-state index contributed by atoms with van der Waals surface area (Å²) in [5.41, 5.74) is 1.03. The lowest BCUT2D eigenvalue weighted by Gasteiger charge is -2.14. The van der Waals surface area contributed by atoms with Crippen LogP contribution in [0, 0.1) is 0 Å². The smallest absolute Gasteiger partial charge is 0.216 e. The van der Waals surface area contributed by atoms with Crippen molar-refractivity contribution in [2.45, 2.75) is 19.9 Å². The molecule has 0 radical (unpaired) electrons. The molecule has 1 rings (SSSR count). The Kier molecular flexibility index (Phi) is 4.79. The maximum atomic E-state index is 10.6. The topological polar surface area (TPSA) is 61.4 Å². The number of phenols is 1. The standard InChI is InChI=1S/C12H18N2O2/c1-9(13-6-7-14-10(2)15)11-4-3-5-12(16)8-11/h3-5,8-9,13,16H,6-7H2,1-2H3,(H,14,15). The quantitative estimate of drug-likeness (QED) is 0.656. The number of amides is 1. The minimum atomic E-state index is -0.0215. The molecule has 0 fully saturated rings. The summed E-state index contributed by atoms with van der Waals surface area (Å²) >= 11 is 0. The van der Waals surface area contributed by atoms with Gasteiger partial charge in [-0.05, 0) is 24.6 Å². The first-order chi connectivity index (χ1) is 7.59. The van der Waals surface area contributed by atoms with E-state index in [1.54, 1.807) is 12.1 Å². The van der Waals surface area contributed by atoms with Crippen molar-refractivity contribution in [2.24, 2.45) is 0 Å². The maximum absolute atomic E-state index is 10.6. The number of aromatic hydroxyl groups is 1. The fourth-order valence-corrected chi connectivity index (χ4v) is 1.44. The zero-order valence-corrected chi connectivity index (χ0v) is 9.66. The molecular formula is C12H18N2O2. The van der Waals surface area contributed by atoms with Gasteiger partial charge in [-0.3, -0.25) is 4.79 Å². The molecule has 1 aromatic rings. The molecule has 4 heteroatoms. The van der Waals surface area contributed by atoms with Crippen molar-refractivity contribution in [1.29, 1.82) is 0 Å². The van der Waals surface area contributed by atoms with Gasteiger partial charge in [-0.15, -0.1) is 0 Å². The number of hydrogen-bond donors (Lipinski definition) is 3. The van der Waals surface area contributed by atoms with E-state index in [0.717, 1.165) is 5.56 Å². The molecule has 0 saturated heterocycles. The summed E-state index contributed by atoms with van der Waals surface area (Å²) in [6, 6.07) is 7.30. The third-order valence-electron chi connectivity index (χ3n) is 2.32. The fraction of sp³-hybridized carbons (Fsp3) is 0.417.